The normalized spacial score (nSPS) is 12.9. The Hall–Kier alpha value is -1.39. The first-order chi connectivity index (χ1) is 6.65. The van der Waals surface area contributed by atoms with E-state index in [4.69, 9.17) is 0 Å². The molecule has 0 spiro atoms. The van der Waals surface area contributed by atoms with Crippen molar-refractivity contribution in [1.82, 2.24) is 20.5 Å². The highest BCUT2D eigenvalue weighted by atomic mass is 16.2. The molecule has 1 aromatic rings. The fourth-order valence-corrected chi connectivity index (χ4v) is 1.29. The summed E-state index contributed by atoms with van der Waals surface area (Å²) in [5.74, 6) is 0.499. The molecule has 0 radical (unpaired) electrons. The molecule has 5 nitrogen and oxygen atoms in total. The number of hydrogen-bond donors (Lipinski definition) is 2. The van der Waals surface area contributed by atoms with Crippen molar-refractivity contribution in [2.45, 2.75) is 33.2 Å². The Balaban J connectivity index is 2.56. The molecule has 1 heterocycles. The number of aromatic nitrogens is 3. The summed E-state index contributed by atoms with van der Waals surface area (Å²) in [6, 6.07) is 0.188. The number of rotatable bonds is 4. The molecule has 1 atom stereocenters. The minimum Gasteiger partial charge on any atom is -0.346 e. The molecule has 1 amide bonds. The van der Waals surface area contributed by atoms with Gasteiger partial charge >= 0.3 is 0 Å². The minimum absolute atomic E-state index is 0.188. The highest BCUT2D eigenvalue weighted by Gasteiger charge is 2.16. The number of nitrogens with zero attached hydrogens (tertiary/aromatic N) is 2. The van der Waals surface area contributed by atoms with Crippen LogP contribution in [0, 0.1) is 5.92 Å². The second-order valence-corrected chi connectivity index (χ2v) is 3.57. The zero-order valence-corrected chi connectivity index (χ0v) is 8.74. The summed E-state index contributed by atoms with van der Waals surface area (Å²) in [7, 11) is 0. The Morgan fingerprint density at radius 1 is 1.64 bits per heavy atom. The molecule has 1 unspecified atom stereocenters. The van der Waals surface area contributed by atoms with Crippen molar-refractivity contribution in [2.24, 2.45) is 5.92 Å². The van der Waals surface area contributed by atoms with Crippen molar-refractivity contribution >= 4 is 5.91 Å². The Morgan fingerprint density at radius 3 is 2.79 bits per heavy atom. The van der Waals surface area contributed by atoms with E-state index in [1.807, 2.05) is 6.92 Å². The SMILES string of the molecule is CCC(NC(=O)c1ncn[nH]1)C(C)C. The molecule has 14 heavy (non-hydrogen) atoms. The first-order valence-electron chi connectivity index (χ1n) is 4.81. The van der Waals surface area contributed by atoms with E-state index in [0.717, 1.165) is 6.42 Å². The quantitative estimate of drug-likeness (QED) is 0.753. The highest BCUT2D eigenvalue weighted by Crippen LogP contribution is 2.05. The van der Waals surface area contributed by atoms with Gasteiger partial charge in [0.15, 0.2) is 0 Å². The topological polar surface area (TPSA) is 70.7 Å². The summed E-state index contributed by atoms with van der Waals surface area (Å²) in [5, 5.41) is 9.05. The molecular formula is C9H16N4O. The first kappa shape index (κ1) is 10.7. The summed E-state index contributed by atoms with van der Waals surface area (Å²) in [5.41, 5.74) is 0. The Morgan fingerprint density at radius 2 is 2.36 bits per heavy atom. The number of hydrogen-bond acceptors (Lipinski definition) is 3. The van der Waals surface area contributed by atoms with E-state index in [-0.39, 0.29) is 17.8 Å². The third kappa shape index (κ3) is 2.55. The van der Waals surface area contributed by atoms with E-state index >= 15 is 0 Å². The third-order valence-electron chi connectivity index (χ3n) is 2.19. The molecule has 0 fully saturated rings. The molecule has 0 bridgehead atoms. The Bertz CT molecular complexity index is 281. The number of carbonyl (C=O) groups is 1. The van der Waals surface area contributed by atoms with Crippen molar-refractivity contribution in [3.63, 3.8) is 0 Å². The van der Waals surface area contributed by atoms with Crippen LogP contribution in [-0.2, 0) is 0 Å². The monoisotopic (exact) mass is 196 g/mol. The molecule has 0 aliphatic rings. The summed E-state index contributed by atoms with van der Waals surface area (Å²) >= 11 is 0. The molecule has 0 aliphatic carbocycles. The van der Waals surface area contributed by atoms with Crippen LogP contribution in [0.3, 0.4) is 0 Å². The maximum Gasteiger partial charge on any atom is 0.288 e. The van der Waals surface area contributed by atoms with Gasteiger partial charge in [-0.05, 0) is 12.3 Å². The van der Waals surface area contributed by atoms with Crippen LogP contribution in [0.1, 0.15) is 37.8 Å². The van der Waals surface area contributed by atoms with E-state index in [1.165, 1.54) is 6.33 Å². The van der Waals surface area contributed by atoms with E-state index < -0.39 is 0 Å². The van der Waals surface area contributed by atoms with Gasteiger partial charge in [0.2, 0.25) is 5.82 Å². The Kier molecular flexibility index (Phi) is 3.62. The zero-order valence-electron chi connectivity index (χ0n) is 8.74. The lowest BCUT2D eigenvalue weighted by atomic mass is 10.0. The molecule has 0 saturated heterocycles. The van der Waals surface area contributed by atoms with Gasteiger partial charge in [0.1, 0.15) is 6.33 Å². The Labute approximate surface area is 83.3 Å². The maximum absolute atomic E-state index is 11.5. The second-order valence-electron chi connectivity index (χ2n) is 3.57. The van der Waals surface area contributed by atoms with Gasteiger partial charge in [0.25, 0.3) is 5.91 Å². The molecule has 0 saturated carbocycles. The molecule has 0 aliphatic heterocycles. The van der Waals surface area contributed by atoms with E-state index in [1.54, 1.807) is 0 Å². The van der Waals surface area contributed by atoms with Gasteiger partial charge in [-0.1, -0.05) is 20.8 Å². The lowest BCUT2D eigenvalue weighted by Crippen LogP contribution is -2.38. The van der Waals surface area contributed by atoms with E-state index in [9.17, 15) is 4.79 Å². The number of carbonyl (C=O) groups excluding carboxylic acids is 1. The van der Waals surface area contributed by atoms with E-state index in [2.05, 4.69) is 34.3 Å². The van der Waals surface area contributed by atoms with Crippen LogP contribution >= 0.6 is 0 Å². The average Bonchev–Trinajstić information content (AvgIpc) is 2.65. The lowest BCUT2D eigenvalue weighted by molar-refractivity contribution is 0.0914. The molecule has 1 rings (SSSR count). The predicted octanol–water partition coefficient (Wildman–Crippen LogP) is 0.969. The summed E-state index contributed by atoms with van der Waals surface area (Å²) in [4.78, 5) is 15.3. The number of amides is 1. The van der Waals surface area contributed by atoms with Crippen molar-refractivity contribution in [1.29, 1.82) is 0 Å². The van der Waals surface area contributed by atoms with Gasteiger partial charge in [0.05, 0.1) is 0 Å². The summed E-state index contributed by atoms with van der Waals surface area (Å²) < 4.78 is 0. The molecule has 0 aromatic carbocycles. The maximum atomic E-state index is 11.5. The number of aromatic amines is 1. The van der Waals surface area contributed by atoms with Gasteiger partial charge in [-0.15, -0.1) is 0 Å². The second kappa shape index (κ2) is 4.74. The summed E-state index contributed by atoms with van der Waals surface area (Å²) in [6.45, 7) is 6.20. The minimum atomic E-state index is -0.192. The van der Waals surface area contributed by atoms with E-state index in [0.29, 0.717) is 5.92 Å². The molecule has 2 N–H and O–H groups in total. The predicted molar refractivity (Wildman–Crippen MR) is 52.8 cm³/mol. The van der Waals surface area contributed by atoms with Gasteiger partial charge in [0, 0.05) is 6.04 Å². The summed E-state index contributed by atoms with van der Waals surface area (Å²) in [6.07, 6.45) is 2.24. The smallest absolute Gasteiger partial charge is 0.288 e. The zero-order chi connectivity index (χ0) is 10.6. The van der Waals surface area contributed by atoms with Crippen LogP contribution in [0.15, 0.2) is 6.33 Å². The van der Waals surface area contributed by atoms with Crippen LogP contribution in [-0.4, -0.2) is 27.1 Å². The fraction of sp³-hybridized carbons (Fsp3) is 0.667. The van der Waals surface area contributed by atoms with Crippen molar-refractivity contribution in [2.75, 3.05) is 0 Å². The highest BCUT2D eigenvalue weighted by molar-refractivity contribution is 5.90. The van der Waals surface area contributed by atoms with Crippen molar-refractivity contribution < 1.29 is 4.79 Å². The third-order valence-corrected chi connectivity index (χ3v) is 2.19. The molecular weight excluding hydrogens is 180 g/mol. The van der Waals surface area contributed by atoms with Crippen LogP contribution in [0.5, 0.6) is 0 Å². The largest absolute Gasteiger partial charge is 0.346 e. The van der Waals surface area contributed by atoms with Crippen LogP contribution in [0.4, 0.5) is 0 Å². The number of nitrogens with one attached hydrogen (secondary N) is 2. The van der Waals surface area contributed by atoms with Gasteiger partial charge in [-0.2, -0.15) is 5.10 Å². The van der Waals surface area contributed by atoms with Crippen molar-refractivity contribution in [3.8, 4) is 0 Å². The first-order valence-corrected chi connectivity index (χ1v) is 4.81. The van der Waals surface area contributed by atoms with Crippen LogP contribution in [0.25, 0.3) is 0 Å². The fourth-order valence-electron chi connectivity index (χ4n) is 1.29. The number of H-pyrrole nitrogens is 1. The molecule has 78 valence electrons. The standard InChI is InChI=1S/C9H16N4O/c1-4-7(6(2)3)12-9(14)8-10-5-11-13-8/h5-7H,4H2,1-3H3,(H,12,14)(H,10,11,13). The van der Waals surface area contributed by atoms with Crippen LogP contribution < -0.4 is 5.32 Å². The van der Waals surface area contributed by atoms with Crippen molar-refractivity contribution in [3.05, 3.63) is 12.2 Å². The average molecular weight is 196 g/mol. The molecule has 5 heteroatoms. The van der Waals surface area contributed by atoms with Gasteiger partial charge < -0.3 is 5.32 Å². The molecule has 1 aromatic heterocycles. The lowest BCUT2D eigenvalue weighted by Gasteiger charge is -2.19. The van der Waals surface area contributed by atoms with Crippen LogP contribution in [0.2, 0.25) is 0 Å². The van der Waals surface area contributed by atoms with Gasteiger partial charge in [-0.3, -0.25) is 9.89 Å². The van der Waals surface area contributed by atoms with Gasteiger partial charge in [-0.25, -0.2) is 4.98 Å².